The van der Waals surface area contributed by atoms with Crippen molar-refractivity contribution in [1.29, 1.82) is 0 Å². The van der Waals surface area contributed by atoms with Gasteiger partial charge >= 0.3 is 0 Å². The van der Waals surface area contributed by atoms with Gasteiger partial charge in [-0.2, -0.15) is 0 Å². The Kier molecular flexibility index (Phi) is 3.86. The van der Waals surface area contributed by atoms with Gasteiger partial charge in [0.2, 0.25) is 0 Å². The molecule has 2 unspecified atom stereocenters. The summed E-state index contributed by atoms with van der Waals surface area (Å²) < 4.78 is 30.5. The normalized spacial score (nSPS) is 44.8. The highest BCUT2D eigenvalue weighted by atomic mass is 79.9. The smallest absolute Gasteiger partial charge is 0.190 e. The van der Waals surface area contributed by atoms with E-state index in [1.807, 2.05) is 33.8 Å². The van der Waals surface area contributed by atoms with Crippen LogP contribution in [-0.2, 0) is 23.7 Å². The second kappa shape index (κ2) is 5.01. The number of hydrogen-bond donors (Lipinski definition) is 0. The Morgan fingerprint density at radius 3 is 2.05 bits per heavy atom. The summed E-state index contributed by atoms with van der Waals surface area (Å²) in [6.07, 6.45) is 0.446. The highest BCUT2D eigenvalue weighted by Gasteiger charge is 2.60. The van der Waals surface area contributed by atoms with E-state index in [1.165, 1.54) is 0 Å². The van der Waals surface area contributed by atoms with Crippen molar-refractivity contribution < 1.29 is 23.7 Å². The van der Waals surface area contributed by atoms with E-state index in [0.717, 1.165) is 3.39 Å². The van der Waals surface area contributed by atoms with Crippen molar-refractivity contribution in [3.05, 3.63) is 9.47 Å². The largest absolute Gasteiger partial charge is 0.342 e. The Hall–Kier alpha value is 0.500. The lowest BCUT2D eigenvalue weighted by atomic mass is 9.99. The van der Waals surface area contributed by atoms with Crippen LogP contribution in [0.3, 0.4) is 0 Å². The molecule has 3 fully saturated rings. The molecule has 0 aliphatic carbocycles. The number of rotatable bonds is 1. The maximum Gasteiger partial charge on any atom is 0.190 e. The molecule has 3 aliphatic heterocycles. The van der Waals surface area contributed by atoms with Crippen LogP contribution in [0.5, 0.6) is 0 Å². The van der Waals surface area contributed by atoms with Crippen molar-refractivity contribution in [1.82, 2.24) is 0 Å². The minimum Gasteiger partial charge on any atom is -0.342 e. The SMILES string of the molecule is CC1(C)OC2O[C@@H](C=C(Br)Br)[C@H]3OC(C)(C)OC3[C@@H]2O1. The van der Waals surface area contributed by atoms with E-state index in [-0.39, 0.29) is 24.4 Å². The molecule has 0 bridgehead atoms. The van der Waals surface area contributed by atoms with Gasteiger partial charge in [-0.15, -0.1) is 0 Å². The lowest BCUT2D eigenvalue weighted by Gasteiger charge is -2.36. The minimum absolute atomic E-state index is 0.217. The summed E-state index contributed by atoms with van der Waals surface area (Å²) in [5, 5.41) is 0. The molecular formula is C13H18Br2O5. The number of ether oxygens (including phenoxy) is 5. The van der Waals surface area contributed by atoms with Gasteiger partial charge in [-0.3, -0.25) is 0 Å². The molecule has 3 rings (SSSR count). The fourth-order valence-electron chi connectivity index (χ4n) is 2.90. The average molecular weight is 414 g/mol. The summed E-state index contributed by atoms with van der Waals surface area (Å²) in [5.74, 6) is -1.34. The molecule has 5 nitrogen and oxygen atoms in total. The van der Waals surface area contributed by atoms with Gasteiger partial charge in [0.25, 0.3) is 0 Å². The zero-order valence-corrected chi connectivity index (χ0v) is 14.9. The minimum atomic E-state index is -0.680. The van der Waals surface area contributed by atoms with Gasteiger partial charge in [-0.05, 0) is 65.6 Å². The van der Waals surface area contributed by atoms with Gasteiger partial charge in [0.15, 0.2) is 17.9 Å². The van der Waals surface area contributed by atoms with Gasteiger partial charge < -0.3 is 23.7 Å². The lowest BCUT2D eigenvalue weighted by molar-refractivity contribution is -0.222. The zero-order chi connectivity index (χ0) is 14.7. The summed E-state index contributed by atoms with van der Waals surface area (Å²) >= 11 is 6.72. The Bertz CT molecular complexity index is 432. The van der Waals surface area contributed by atoms with Crippen LogP contribution in [0.1, 0.15) is 27.7 Å². The molecule has 0 radical (unpaired) electrons. The highest BCUT2D eigenvalue weighted by Crippen LogP contribution is 2.44. The predicted molar refractivity (Wildman–Crippen MR) is 78.5 cm³/mol. The van der Waals surface area contributed by atoms with E-state index in [9.17, 15) is 0 Å². The molecule has 0 saturated carbocycles. The van der Waals surface area contributed by atoms with Crippen molar-refractivity contribution in [2.24, 2.45) is 0 Å². The predicted octanol–water partition coefficient (Wildman–Crippen LogP) is 3.01. The molecule has 20 heavy (non-hydrogen) atoms. The molecule has 114 valence electrons. The van der Waals surface area contributed by atoms with Crippen molar-refractivity contribution >= 4 is 31.9 Å². The molecule has 0 aromatic carbocycles. The summed E-state index contributed by atoms with van der Waals surface area (Å²) in [5.41, 5.74) is 0. The highest BCUT2D eigenvalue weighted by molar-refractivity contribution is 9.28. The van der Waals surface area contributed by atoms with Gasteiger partial charge in [0.1, 0.15) is 24.4 Å². The van der Waals surface area contributed by atoms with E-state index >= 15 is 0 Å². The molecule has 0 amide bonds. The van der Waals surface area contributed by atoms with E-state index in [4.69, 9.17) is 23.7 Å². The van der Waals surface area contributed by atoms with Crippen molar-refractivity contribution in [2.45, 2.75) is 70.0 Å². The monoisotopic (exact) mass is 412 g/mol. The third-order valence-electron chi connectivity index (χ3n) is 3.48. The molecule has 3 heterocycles. The van der Waals surface area contributed by atoms with Crippen LogP contribution < -0.4 is 0 Å². The Balaban J connectivity index is 1.90. The molecule has 3 saturated heterocycles. The van der Waals surface area contributed by atoms with Gasteiger partial charge in [0.05, 0.1) is 3.39 Å². The standard InChI is InChI=1S/C13H18Br2O5/c1-12(2)17-8-6(5-7(14)15)16-11-10(9(8)18-12)19-13(3,4)20-11/h5-6,8-11H,1-4H3/t6-,8+,9?,10-,11?/m0/s1. The Morgan fingerprint density at radius 2 is 1.40 bits per heavy atom. The van der Waals surface area contributed by atoms with E-state index in [2.05, 4.69) is 31.9 Å². The molecule has 0 aromatic rings. The fraction of sp³-hybridized carbons (Fsp3) is 0.846. The van der Waals surface area contributed by atoms with Crippen molar-refractivity contribution in [3.8, 4) is 0 Å². The van der Waals surface area contributed by atoms with E-state index < -0.39 is 17.9 Å². The van der Waals surface area contributed by atoms with Crippen LogP contribution in [0.4, 0.5) is 0 Å². The van der Waals surface area contributed by atoms with Crippen LogP contribution in [-0.4, -0.2) is 42.3 Å². The third kappa shape index (κ3) is 2.86. The molecule has 0 N–H and O–H groups in total. The molecule has 7 heteroatoms. The van der Waals surface area contributed by atoms with Gasteiger partial charge in [-0.25, -0.2) is 0 Å². The van der Waals surface area contributed by atoms with E-state index in [1.54, 1.807) is 0 Å². The first-order valence-electron chi connectivity index (χ1n) is 6.56. The van der Waals surface area contributed by atoms with Crippen LogP contribution in [0.25, 0.3) is 0 Å². The first-order chi connectivity index (χ1) is 9.17. The summed E-state index contributed by atoms with van der Waals surface area (Å²) in [7, 11) is 0. The number of hydrogen-bond acceptors (Lipinski definition) is 5. The van der Waals surface area contributed by atoms with Gasteiger partial charge in [-0.1, -0.05) is 0 Å². The van der Waals surface area contributed by atoms with Crippen molar-refractivity contribution in [3.63, 3.8) is 0 Å². The topological polar surface area (TPSA) is 46.2 Å². The quantitative estimate of drug-likeness (QED) is 0.661. The maximum atomic E-state index is 6.00. The molecular weight excluding hydrogens is 396 g/mol. The second-order valence-corrected chi connectivity index (χ2v) is 8.86. The van der Waals surface area contributed by atoms with Crippen LogP contribution in [0.15, 0.2) is 9.47 Å². The van der Waals surface area contributed by atoms with E-state index in [0.29, 0.717) is 0 Å². The van der Waals surface area contributed by atoms with Crippen LogP contribution >= 0.6 is 31.9 Å². The summed E-state index contributed by atoms with van der Waals surface area (Å²) in [4.78, 5) is 0. The first-order valence-corrected chi connectivity index (χ1v) is 8.15. The molecule has 3 aliphatic rings. The average Bonchev–Trinajstić information content (AvgIpc) is 2.73. The summed E-state index contributed by atoms with van der Waals surface area (Å²) in [6.45, 7) is 7.53. The van der Waals surface area contributed by atoms with Crippen LogP contribution in [0, 0.1) is 0 Å². The Morgan fingerprint density at radius 1 is 0.850 bits per heavy atom. The third-order valence-corrected chi connectivity index (χ3v) is 4.01. The molecule has 0 aromatic heterocycles. The first kappa shape index (κ1) is 15.4. The molecule has 5 atom stereocenters. The maximum absolute atomic E-state index is 6.00. The van der Waals surface area contributed by atoms with Gasteiger partial charge in [0, 0.05) is 0 Å². The molecule has 0 spiro atoms. The Labute approximate surface area is 135 Å². The number of fused-ring (bicyclic) bond motifs is 3. The second-order valence-electron chi connectivity index (χ2n) is 6.09. The summed E-state index contributed by atoms with van der Waals surface area (Å²) in [6, 6.07) is 0. The lowest BCUT2D eigenvalue weighted by Crippen LogP contribution is -2.54. The van der Waals surface area contributed by atoms with Crippen LogP contribution in [0.2, 0.25) is 0 Å². The zero-order valence-electron chi connectivity index (χ0n) is 11.8. The number of halogens is 2. The van der Waals surface area contributed by atoms with Crippen molar-refractivity contribution in [2.75, 3.05) is 0 Å². The fourth-order valence-corrected chi connectivity index (χ4v) is 3.42.